The maximum Gasteiger partial charge on any atom is 0.326 e. The van der Waals surface area contributed by atoms with Gasteiger partial charge in [-0.05, 0) is 59.7 Å². The van der Waals surface area contributed by atoms with Crippen LogP contribution in [0.3, 0.4) is 0 Å². The maximum atomic E-state index is 12.8. The summed E-state index contributed by atoms with van der Waals surface area (Å²) in [6, 6.07) is 1.30. The lowest BCUT2D eigenvalue weighted by atomic mass is 9.85. The summed E-state index contributed by atoms with van der Waals surface area (Å²) < 4.78 is 0.942. The Kier molecular flexibility index (Phi) is 4.10. The summed E-state index contributed by atoms with van der Waals surface area (Å²) in [6.45, 7) is 1.94. The molecule has 1 aliphatic heterocycles. The molecule has 2 aliphatic rings. The van der Waals surface area contributed by atoms with Gasteiger partial charge in [-0.15, -0.1) is 11.3 Å². The first-order chi connectivity index (χ1) is 9.99. The van der Waals surface area contributed by atoms with Crippen molar-refractivity contribution >= 4 is 39.1 Å². The van der Waals surface area contributed by atoms with Crippen LogP contribution in [0.25, 0.3) is 0 Å². The van der Waals surface area contributed by atoms with Crippen LogP contribution in [0.1, 0.15) is 47.3 Å². The van der Waals surface area contributed by atoms with Gasteiger partial charge in [0.05, 0.1) is 8.66 Å². The molecule has 4 nitrogen and oxygen atoms in total. The molecule has 114 valence electrons. The van der Waals surface area contributed by atoms with Crippen molar-refractivity contribution in [3.05, 3.63) is 20.3 Å². The minimum Gasteiger partial charge on any atom is -0.480 e. The molecule has 0 aromatic carbocycles. The molecule has 3 rings (SSSR count). The number of amides is 1. The van der Waals surface area contributed by atoms with Gasteiger partial charge in [0.1, 0.15) is 6.04 Å². The van der Waals surface area contributed by atoms with Crippen LogP contribution in [0.4, 0.5) is 0 Å². The largest absolute Gasteiger partial charge is 0.480 e. The van der Waals surface area contributed by atoms with E-state index in [1.165, 1.54) is 11.3 Å². The highest BCUT2D eigenvalue weighted by molar-refractivity contribution is 9.11. The first-order valence-corrected chi connectivity index (χ1v) is 8.91. The van der Waals surface area contributed by atoms with E-state index in [4.69, 9.17) is 0 Å². The van der Waals surface area contributed by atoms with Crippen molar-refractivity contribution in [3.63, 3.8) is 0 Å². The van der Waals surface area contributed by atoms with Gasteiger partial charge in [-0.3, -0.25) is 4.79 Å². The van der Waals surface area contributed by atoms with E-state index >= 15 is 0 Å². The van der Waals surface area contributed by atoms with E-state index in [1.54, 1.807) is 4.90 Å². The second kappa shape index (κ2) is 5.72. The highest BCUT2D eigenvalue weighted by Gasteiger charge is 2.47. The van der Waals surface area contributed by atoms with Gasteiger partial charge in [-0.25, -0.2) is 4.79 Å². The quantitative estimate of drug-likeness (QED) is 0.862. The smallest absolute Gasteiger partial charge is 0.326 e. The molecular formula is C15H18BrNO3S. The van der Waals surface area contributed by atoms with Crippen molar-refractivity contribution in [1.29, 1.82) is 0 Å². The van der Waals surface area contributed by atoms with E-state index in [0.717, 1.165) is 35.0 Å². The number of carboxylic acid groups (broad SMARTS) is 1. The van der Waals surface area contributed by atoms with Gasteiger partial charge in [0.25, 0.3) is 5.91 Å². The van der Waals surface area contributed by atoms with Gasteiger partial charge in [0.2, 0.25) is 0 Å². The van der Waals surface area contributed by atoms with Gasteiger partial charge < -0.3 is 10.0 Å². The van der Waals surface area contributed by atoms with E-state index in [9.17, 15) is 14.7 Å². The lowest BCUT2D eigenvalue weighted by Gasteiger charge is -2.32. The molecule has 2 fully saturated rings. The number of hydrogen-bond donors (Lipinski definition) is 1. The fourth-order valence-electron chi connectivity index (χ4n) is 3.67. The van der Waals surface area contributed by atoms with Crippen molar-refractivity contribution in [2.45, 2.75) is 51.1 Å². The predicted octanol–water partition coefficient (Wildman–Crippen LogP) is 3.68. The monoisotopic (exact) mass is 371 g/mol. The number of aliphatic carboxylic acids is 1. The Bertz CT molecular complexity index is 566. The van der Waals surface area contributed by atoms with Crippen LogP contribution in [-0.2, 0) is 4.79 Å². The highest BCUT2D eigenvalue weighted by Crippen LogP contribution is 2.41. The number of carbonyl (C=O) groups excluding carboxylic acids is 1. The summed E-state index contributed by atoms with van der Waals surface area (Å²) in [4.78, 5) is 26.7. The van der Waals surface area contributed by atoms with Crippen LogP contribution in [0.15, 0.2) is 9.85 Å². The lowest BCUT2D eigenvalue weighted by molar-refractivity contribution is -0.141. The number of carbonyl (C=O) groups is 2. The standard InChI is InChI=1S/C15H18BrNO3S/c1-8-6-12(21-13(8)16)14(18)17-10-5-3-2-4-9(10)7-11(17)15(19)20/h6,9-11H,2-5,7H2,1H3,(H,19,20). The molecule has 1 saturated heterocycles. The molecule has 1 saturated carbocycles. The Hall–Kier alpha value is -0.880. The summed E-state index contributed by atoms with van der Waals surface area (Å²) in [7, 11) is 0. The van der Waals surface area contributed by atoms with Crippen molar-refractivity contribution in [3.8, 4) is 0 Å². The number of thiophene rings is 1. The van der Waals surface area contributed by atoms with Crippen LogP contribution >= 0.6 is 27.3 Å². The molecule has 0 radical (unpaired) electrons. The van der Waals surface area contributed by atoms with Crippen LogP contribution in [-0.4, -0.2) is 34.0 Å². The number of hydrogen-bond acceptors (Lipinski definition) is 3. The first-order valence-electron chi connectivity index (χ1n) is 7.30. The van der Waals surface area contributed by atoms with Gasteiger partial charge >= 0.3 is 5.97 Å². The zero-order valence-corrected chi connectivity index (χ0v) is 14.2. The molecule has 2 heterocycles. The lowest BCUT2D eigenvalue weighted by Crippen LogP contribution is -2.46. The summed E-state index contributed by atoms with van der Waals surface area (Å²) in [5.41, 5.74) is 1.02. The number of carboxylic acids is 1. The number of nitrogens with zero attached hydrogens (tertiary/aromatic N) is 1. The van der Waals surface area contributed by atoms with E-state index < -0.39 is 12.0 Å². The fourth-order valence-corrected chi connectivity index (χ4v) is 5.14. The average molecular weight is 372 g/mol. The number of fused-ring (bicyclic) bond motifs is 1. The SMILES string of the molecule is Cc1cc(C(=O)N2C(C(=O)O)CC3CCCCC32)sc1Br. The van der Waals surface area contributed by atoms with Crippen LogP contribution < -0.4 is 0 Å². The summed E-state index contributed by atoms with van der Waals surface area (Å²) in [5.74, 6) is -0.631. The van der Waals surface area contributed by atoms with Crippen LogP contribution in [0, 0.1) is 12.8 Å². The number of rotatable bonds is 2. The summed E-state index contributed by atoms with van der Waals surface area (Å²) in [5, 5.41) is 9.49. The van der Waals surface area contributed by atoms with Gasteiger partial charge in [0.15, 0.2) is 0 Å². The molecule has 6 heteroatoms. The number of likely N-dealkylation sites (tertiary alicyclic amines) is 1. The highest BCUT2D eigenvalue weighted by atomic mass is 79.9. The van der Waals surface area contributed by atoms with Gasteiger partial charge in [-0.1, -0.05) is 12.8 Å². The Morgan fingerprint density at radius 1 is 1.38 bits per heavy atom. The van der Waals surface area contributed by atoms with E-state index in [2.05, 4.69) is 15.9 Å². The molecule has 3 atom stereocenters. The Labute approximate surface area is 136 Å². The minimum absolute atomic E-state index is 0.105. The number of halogens is 1. The first kappa shape index (κ1) is 15.0. The van der Waals surface area contributed by atoms with E-state index in [0.29, 0.717) is 17.2 Å². The maximum absolute atomic E-state index is 12.8. The molecule has 1 aliphatic carbocycles. The molecular weight excluding hydrogens is 354 g/mol. The predicted molar refractivity (Wildman–Crippen MR) is 84.7 cm³/mol. The molecule has 1 aromatic rings. The fraction of sp³-hybridized carbons (Fsp3) is 0.600. The van der Waals surface area contributed by atoms with Crippen molar-refractivity contribution in [2.75, 3.05) is 0 Å². The zero-order valence-electron chi connectivity index (χ0n) is 11.8. The third kappa shape index (κ3) is 2.63. The van der Waals surface area contributed by atoms with Gasteiger partial charge in [-0.2, -0.15) is 0 Å². The van der Waals surface area contributed by atoms with Crippen molar-refractivity contribution in [1.82, 2.24) is 4.90 Å². The summed E-state index contributed by atoms with van der Waals surface area (Å²) >= 11 is 4.83. The number of aryl methyl sites for hydroxylation is 1. The molecule has 3 unspecified atom stereocenters. The van der Waals surface area contributed by atoms with Crippen molar-refractivity contribution < 1.29 is 14.7 Å². The summed E-state index contributed by atoms with van der Waals surface area (Å²) in [6.07, 6.45) is 4.83. The third-order valence-electron chi connectivity index (χ3n) is 4.68. The molecule has 1 aromatic heterocycles. The Morgan fingerprint density at radius 3 is 2.71 bits per heavy atom. The second-order valence-corrected chi connectivity index (χ2v) is 8.35. The Morgan fingerprint density at radius 2 is 2.10 bits per heavy atom. The molecule has 21 heavy (non-hydrogen) atoms. The third-order valence-corrected chi connectivity index (χ3v) is 6.80. The van der Waals surface area contributed by atoms with E-state index in [1.807, 2.05) is 13.0 Å². The average Bonchev–Trinajstić information content (AvgIpc) is 2.99. The zero-order chi connectivity index (χ0) is 15.1. The Balaban J connectivity index is 1.92. The van der Waals surface area contributed by atoms with Gasteiger partial charge in [0, 0.05) is 6.04 Å². The van der Waals surface area contributed by atoms with E-state index in [-0.39, 0.29) is 11.9 Å². The normalized spacial score (nSPS) is 28.5. The van der Waals surface area contributed by atoms with Crippen LogP contribution in [0.5, 0.6) is 0 Å². The molecule has 0 spiro atoms. The molecule has 1 amide bonds. The van der Waals surface area contributed by atoms with Crippen LogP contribution in [0.2, 0.25) is 0 Å². The molecule has 0 bridgehead atoms. The topological polar surface area (TPSA) is 57.6 Å². The minimum atomic E-state index is -0.870. The second-order valence-electron chi connectivity index (χ2n) is 5.98. The molecule has 1 N–H and O–H groups in total. The van der Waals surface area contributed by atoms with Crippen molar-refractivity contribution in [2.24, 2.45) is 5.92 Å².